The topological polar surface area (TPSA) is 134 Å². The Kier molecular flexibility index (Phi) is 9.30. The number of benzene rings is 1. The van der Waals surface area contributed by atoms with E-state index in [0.717, 1.165) is 31.2 Å². The molecule has 2 aliphatic rings. The highest BCUT2D eigenvalue weighted by atomic mass is 16.5. The van der Waals surface area contributed by atoms with E-state index < -0.39 is 6.04 Å². The predicted molar refractivity (Wildman–Crippen MR) is 127 cm³/mol. The van der Waals surface area contributed by atoms with Crippen molar-refractivity contribution >= 4 is 23.6 Å². The number of hydrogen-bond donors (Lipinski definition) is 3. The first kappa shape index (κ1) is 25.5. The Bertz CT molecular complexity index is 880. The number of nitrogens with two attached hydrogens (primary N) is 1. The Morgan fingerprint density at radius 2 is 1.88 bits per heavy atom. The summed E-state index contributed by atoms with van der Waals surface area (Å²) in [5.41, 5.74) is 7.03. The van der Waals surface area contributed by atoms with E-state index in [9.17, 15) is 14.4 Å². The van der Waals surface area contributed by atoms with Crippen LogP contribution < -0.4 is 11.1 Å². The van der Waals surface area contributed by atoms with Crippen LogP contribution >= 0.6 is 0 Å². The first-order chi connectivity index (χ1) is 16.4. The number of esters is 1. The molecular formula is C25H36N4O5. The van der Waals surface area contributed by atoms with Gasteiger partial charge in [0.2, 0.25) is 11.8 Å². The molecular weight excluding hydrogens is 436 g/mol. The Balaban J connectivity index is 1.58. The smallest absolute Gasteiger partial charge is 0.305 e. The SMILES string of the molecule is CCOC(=O)CC[C@@H](C(=O)N1CC[C@H]1C(=O)NCc1ccc(/C(N)=N/O)cc1)C1CCCCC1. The zero-order valence-corrected chi connectivity index (χ0v) is 19.9. The summed E-state index contributed by atoms with van der Waals surface area (Å²) in [5, 5.41) is 14.6. The van der Waals surface area contributed by atoms with Gasteiger partial charge in [-0.05, 0) is 44.1 Å². The van der Waals surface area contributed by atoms with Gasteiger partial charge in [-0.25, -0.2) is 0 Å². The number of hydrogen-bond acceptors (Lipinski definition) is 6. The van der Waals surface area contributed by atoms with Gasteiger partial charge in [0.1, 0.15) is 6.04 Å². The highest BCUT2D eigenvalue weighted by molar-refractivity contribution is 5.97. The van der Waals surface area contributed by atoms with Gasteiger partial charge in [-0.2, -0.15) is 0 Å². The van der Waals surface area contributed by atoms with E-state index in [-0.39, 0.29) is 41.9 Å². The number of nitrogens with one attached hydrogen (secondary N) is 1. The molecule has 1 heterocycles. The molecule has 0 spiro atoms. The molecule has 0 unspecified atom stereocenters. The minimum atomic E-state index is -0.474. The van der Waals surface area contributed by atoms with Gasteiger partial charge in [-0.1, -0.05) is 48.7 Å². The number of amides is 2. The van der Waals surface area contributed by atoms with Gasteiger partial charge in [0, 0.05) is 31.0 Å². The Labute approximate surface area is 200 Å². The maximum atomic E-state index is 13.5. The standard InChI is InChI=1S/C25H36N4O5/c1-2-34-22(30)13-12-20(18-6-4-3-5-7-18)25(32)29-15-14-21(29)24(31)27-16-17-8-10-19(11-9-17)23(26)28-33/h8-11,18,20-21,33H,2-7,12-16H2,1H3,(H2,26,28)(H,27,31)/t20-,21+/m1/s1. The van der Waals surface area contributed by atoms with Gasteiger partial charge < -0.3 is 25.9 Å². The number of ether oxygens (including phenoxy) is 1. The van der Waals surface area contributed by atoms with E-state index in [2.05, 4.69) is 10.5 Å². The van der Waals surface area contributed by atoms with Crippen LogP contribution in [0.4, 0.5) is 0 Å². The summed E-state index contributed by atoms with van der Waals surface area (Å²) in [6.45, 7) is 3.00. The van der Waals surface area contributed by atoms with Gasteiger partial charge in [-0.3, -0.25) is 14.4 Å². The van der Waals surface area contributed by atoms with Crippen molar-refractivity contribution in [1.82, 2.24) is 10.2 Å². The van der Waals surface area contributed by atoms with Crippen molar-refractivity contribution in [2.45, 2.75) is 70.9 Å². The van der Waals surface area contributed by atoms with Crippen LogP contribution in [-0.4, -0.2) is 52.9 Å². The zero-order valence-electron chi connectivity index (χ0n) is 19.9. The highest BCUT2D eigenvalue weighted by Crippen LogP contribution is 2.35. The van der Waals surface area contributed by atoms with Crippen LogP contribution in [0.25, 0.3) is 0 Å². The van der Waals surface area contributed by atoms with E-state index in [1.165, 1.54) is 6.42 Å². The summed E-state index contributed by atoms with van der Waals surface area (Å²) in [6.07, 6.45) is 6.71. The van der Waals surface area contributed by atoms with Crippen molar-refractivity contribution in [3.8, 4) is 0 Å². The molecule has 34 heavy (non-hydrogen) atoms. The third kappa shape index (κ3) is 6.48. The van der Waals surface area contributed by atoms with Crippen LogP contribution in [0.3, 0.4) is 0 Å². The van der Waals surface area contributed by atoms with Crippen LogP contribution in [0, 0.1) is 11.8 Å². The molecule has 1 aromatic rings. The lowest BCUT2D eigenvalue weighted by molar-refractivity contribution is -0.153. The molecule has 3 rings (SSSR count). The lowest BCUT2D eigenvalue weighted by Crippen LogP contribution is -2.60. The molecule has 1 saturated heterocycles. The van der Waals surface area contributed by atoms with E-state index in [0.29, 0.717) is 38.1 Å². The Morgan fingerprint density at radius 3 is 2.47 bits per heavy atom. The van der Waals surface area contributed by atoms with Gasteiger partial charge in [0.25, 0.3) is 0 Å². The Hall–Kier alpha value is -3.10. The second-order valence-corrected chi connectivity index (χ2v) is 9.08. The fraction of sp³-hybridized carbons (Fsp3) is 0.600. The van der Waals surface area contributed by atoms with Crippen LogP contribution in [0.15, 0.2) is 29.4 Å². The van der Waals surface area contributed by atoms with Crippen molar-refractivity contribution in [2.75, 3.05) is 13.2 Å². The molecule has 2 fully saturated rings. The first-order valence-electron chi connectivity index (χ1n) is 12.2. The number of rotatable bonds is 10. The van der Waals surface area contributed by atoms with E-state index >= 15 is 0 Å². The number of likely N-dealkylation sites (tertiary alicyclic amines) is 1. The van der Waals surface area contributed by atoms with Crippen molar-refractivity contribution in [3.05, 3.63) is 35.4 Å². The molecule has 0 aromatic heterocycles. The molecule has 0 bridgehead atoms. The second kappa shape index (κ2) is 12.4. The number of amidine groups is 1. The van der Waals surface area contributed by atoms with Crippen molar-refractivity contribution < 1.29 is 24.3 Å². The molecule has 0 radical (unpaired) electrons. The van der Waals surface area contributed by atoms with Gasteiger partial charge in [0.05, 0.1) is 6.61 Å². The van der Waals surface area contributed by atoms with Gasteiger partial charge in [-0.15, -0.1) is 0 Å². The summed E-state index contributed by atoms with van der Waals surface area (Å²) < 4.78 is 5.07. The average Bonchev–Trinajstić information content (AvgIpc) is 2.83. The maximum absolute atomic E-state index is 13.5. The lowest BCUT2D eigenvalue weighted by Gasteiger charge is -2.43. The lowest BCUT2D eigenvalue weighted by atomic mass is 9.76. The second-order valence-electron chi connectivity index (χ2n) is 9.08. The fourth-order valence-corrected chi connectivity index (χ4v) is 4.90. The summed E-state index contributed by atoms with van der Waals surface area (Å²) in [6, 6.07) is 6.55. The quantitative estimate of drug-likeness (QED) is 0.157. The summed E-state index contributed by atoms with van der Waals surface area (Å²) in [7, 11) is 0. The molecule has 186 valence electrons. The molecule has 1 aliphatic carbocycles. The monoisotopic (exact) mass is 472 g/mol. The van der Waals surface area contributed by atoms with Gasteiger partial charge in [0.15, 0.2) is 5.84 Å². The van der Waals surface area contributed by atoms with Crippen LogP contribution in [0.1, 0.15) is 69.4 Å². The minimum Gasteiger partial charge on any atom is -0.466 e. The largest absolute Gasteiger partial charge is 0.466 e. The Morgan fingerprint density at radius 1 is 1.18 bits per heavy atom. The summed E-state index contributed by atoms with van der Waals surface area (Å²) in [5.74, 6) is -0.416. The van der Waals surface area contributed by atoms with Crippen molar-refractivity contribution in [1.29, 1.82) is 0 Å². The normalized spacial score (nSPS) is 19.7. The maximum Gasteiger partial charge on any atom is 0.305 e. The predicted octanol–water partition coefficient (Wildman–Crippen LogP) is 2.54. The molecule has 4 N–H and O–H groups in total. The minimum absolute atomic E-state index is 0.00860. The third-order valence-corrected chi connectivity index (χ3v) is 6.93. The number of nitrogens with zero attached hydrogens (tertiary/aromatic N) is 2. The number of oxime groups is 1. The molecule has 1 aliphatic heterocycles. The third-order valence-electron chi connectivity index (χ3n) is 6.93. The van der Waals surface area contributed by atoms with E-state index in [1.807, 2.05) is 0 Å². The van der Waals surface area contributed by atoms with Crippen molar-refractivity contribution in [3.63, 3.8) is 0 Å². The number of carbonyl (C=O) groups excluding carboxylic acids is 3. The van der Waals surface area contributed by atoms with Crippen LogP contribution in [-0.2, 0) is 25.7 Å². The fourth-order valence-electron chi connectivity index (χ4n) is 4.90. The highest BCUT2D eigenvalue weighted by Gasteiger charge is 2.42. The van der Waals surface area contributed by atoms with Crippen LogP contribution in [0.5, 0.6) is 0 Å². The molecule has 1 saturated carbocycles. The zero-order chi connectivity index (χ0) is 24.5. The average molecular weight is 473 g/mol. The molecule has 9 nitrogen and oxygen atoms in total. The summed E-state index contributed by atoms with van der Waals surface area (Å²) >= 11 is 0. The molecule has 2 amide bonds. The molecule has 9 heteroatoms. The molecule has 1 aromatic carbocycles. The molecule has 2 atom stereocenters. The van der Waals surface area contributed by atoms with E-state index in [1.54, 1.807) is 36.1 Å². The van der Waals surface area contributed by atoms with E-state index in [4.69, 9.17) is 15.7 Å². The first-order valence-corrected chi connectivity index (χ1v) is 12.2. The van der Waals surface area contributed by atoms with Gasteiger partial charge >= 0.3 is 5.97 Å². The summed E-state index contributed by atoms with van der Waals surface area (Å²) in [4.78, 5) is 39.9. The van der Waals surface area contributed by atoms with Crippen molar-refractivity contribution in [2.24, 2.45) is 22.7 Å². The number of carbonyl (C=O) groups is 3. The van der Waals surface area contributed by atoms with Crippen LogP contribution in [0.2, 0.25) is 0 Å².